The molecule has 0 aliphatic heterocycles. The molecule has 0 saturated heterocycles. The van der Waals surface area contributed by atoms with Gasteiger partial charge in [-0.1, -0.05) is 30.7 Å². The number of nitrogens with one attached hydrogen (secondary N) is 1. The fraction of sp³-hybridized carbons (Fsp3) is 0.375. The molecule has 0 radical (unpaired) electrons. The molecule has 0 aliphatic rings. The van der Waals surface area contributed by atoms with Gasteiger partial charge in [0.2, 0.25) is 5.88 Å². The summed E-state index contributed by atoms with van der Waals surface area (Å²) in [5, 5.41) is 4.27. The van der Waals surface area contributed by atoms with E-state index in [0.717, 1.165) is 30.1 Å². The summed E-state index contributed by atoms with van der Waals surface area (Å²) in [4.78, 5) is 8.44. The molecule has 0 spiro atoms. The zero-order chi connectivity index (χ0) is 15.1. The maximum Gasteiger partial charge on any atom is 0.216 e. The van der Waals surface area contributed by atoms with Crippen molar-refractivity contribution in [2.45, 2.75) is 25.8 Å². The predicted octanol–water partition coefficient (Wildman–Crippen LogP) is 3.42. The van der Waals surface area contributed by atoms with Crippen molar-refractivity contribution >= 4 is 11.6 Å². The lowest BCUT2D eigenvalue weighted by atomic mass is 10.0. The molecule has 0 bridgehead atoms. The van der Waals surface area contributed by atoms with E-state index in [0.29, 0.717) is 5.88 Å². The molecular weight excluding hydrogens is 286 g/mol. The quantitative estimate of drug-likeness (QED) is 0.851. The average Bonchev–Trinajstić information content (AvgIpc) is 2.53. The smallest absolute Gasteiger partial charge is 0.216 e. The Kier molecular flexibility index (Phi) is 5.96. The number of benzene rings is 1. The van der Waals surface area contributed by atoms with Gasteiger partial charge in [-0.2, -0.15) is 0 Å². The van der Waals surface area contributed by atoms with Crippen LogP contribution in [-0.2, 0) is 6.42 Å². The van der Waals surface area contributed by atoms with Crippen molar-refractivity contribution in [3.63, 3.8) is 0 Å². The second-order valence-electron chi connectivity index (χ2n) is 4.82. The zero-order valence-corrected chi connectivity index (χ0v) is 13.1. The van der Waals surface area contributed by atoms with E-state index in [1.165, 1.54) is 11.9 Å². The van der Waals surface area contributed by atoms with Crippen LogP contribution in [0.25, 0.3) is 0 Å². The fourth-order valence-corrected chi connectivity index (χ4v) is 2.24. The lowest BCUT2D eigenvalue weighted by Gasteiger charge is -2.18. The number of hydrogen-bond donors (Lipinski definition) is 1. The van der Waals surface area contributed by atoms with Gasteiger partial charge in [0.1, 0.15) is 6.33 Å². The van der Waals surface area contributed by atoms with E-state index >= 15 is 0 Å². The number of methoxy groups -OCH3 is 1. The van der Waals surface area contributed by atoms with E-state index in [-0.39, 0.29) is 6.04 Å². The van der Waals surface area contributed by atoms with Gasteiger partial charge in [-0.15, -0.1) is 0 Å². The largest absolute Gasteiger partial charge is 0.481 e. The maximum atomic E-state index is 5.94. The molecule has 2 aromatic rings. The van der Waals surface area contributed by atoms with Gasteiger partial charge in [0.25, 0.3) is 0 Å². The summed E-state index contributed by atoms with van der Waals surface area (Å²) in [5.41, 5.74) is 2.15. The third-order valence-corrected chi connectivity index (χ3v) is 3.48. The van der Waals surface area contributed by atoms with Gasteiger partial charge in [-0.3, -0.25) is 0 Å². The van der Waals surface area contributed by atoms with Crippen LogP contribution in [-0.4, -0.2) is 23.6 Å². The molecule has 1 aromatic heterocycles. The van der Waals surface area contributed by atoms with Crippen LogP contribution in [0.3, 0.4) is 0 Å². The van der Waals surface area contributed by atoms with Gasteiger partial charge < -0.3 is 10.1 Å². The van der Waals surface area contributed by atoms with Crippen molar-refractivity contribution in [2.75, 3.05) is 13.7 Å². The topological polar surface area (TPSA) is 47.0 Å². The number of aromatic nitrogens is 2. The first-order valence-electron chi connectivity index (χ1n) is 7.06. The number of hydrogen-bond acceptors (Lipinski definition) is 4. The Morgan fingerprint density at radius 1 is 1.24 bits per heavy atom. The molecule has 1 heterocycles. The molecule has 0 saturated carbocycles. The summed E-state index contributed by atoms with van der Waals surface area (Å²) >= 11 is 5.94. The molecule has 1 aromatic carbocycles. The third kappa shape index (κ3) is 4.69. The summed E-state index contributed by atoms with van der Waals surface area (Å²) in [6.45, 7) is 3.08. The van der Waals surface area contributed by atoms with Gasteiger partial charge in [-0.05, 0) is 37.1 Å². The van der Waals surface area contributed by atoms with Crippen LogP contribution in [0.4, 0.5) is 0 Å². The van der Waals surface area contributed by atoms with Crippen molar-refractivity contribution in [3.8, 4) is 5.88 Å². The van der Waals surface area contributed by atoms with Gasteiger partial charge in [0, 0.05) is 11.1 Å². The Morgan fingerprint density at radius 3 is 2.67 bits per heavy atom. The first kappa shape index (κ1) is 15.7. The number of rotatable bonds is 7. The highest BCUT2D eigenvalue weighted by Gasteiger charge is 2.14. The Balaban J connectivity index is 2.18. The fourth-order valence-electron chi connectivity index (χ4n) is 2.11. The van der Waals surface area contributed by atoms with Crippen molar-refractivity contribution in [3.05, 3.63) is 52.9 Å². The van der Waals surface area contributed by atoms with Gasteiger partial charge >= 0.3 is 0 Å². The summed E-state index contributed by atoms with van der Waals surface area (Å²) in [6.07, 6.45) is 3.45. The molecule has 21 heavy (non-hydrogen) atoms. The molecule has 0 amide bonds. The molecule has 5 heteroatoms. The minimum Gasteiger partial charge on any atom is -0.481 e. The minimum absolute atomic E-state index is 0.128. The first-order valence-corrected chi connectivity index (χ1v) is 7.44. The van der Waals surface area contributed by atoms with Crippen LogP contribution < -0.4 is 10.1 Å². The zero-order valence-electron chi connectivity index (χ0n) is 12.3. The molecule has 1 unspecified atom stereocenters. The molecule has 0 aliphatic carbocycles. The van der Waals surface area contributed by atoms with Crippen LogP contribution in [0.1, 0.15) is 30.6 Å². The van der Waals surface area contributed by atoms with Crippen molar-refractivity contribution < 1.29 is 4.74 Å². The van der Waals surface area contributed by atoms with E-state index in [1.54, 1.807) is 7.11 Å². The van der Waals surface area contributed by atoms with Crippen LogP contribution in [0.2, 0.25) is 5.02 Å². The number of halogens is 1. The van der Waals surface area contributed by atoms with E-state index in [4.69, 9.17) is 16.3 Å². The van der Waals surface area contributed by atoms with Crippen LogP contribution in [0.5, 0.6) is 5.88 Å². The van der Waals surface area contributed by atoms with Crippen LogP contribution >= 0.6 is 11.6 Å². The highest BCUT2D eigenvalue weighted by atomic mass is 35.5. The Morgan fingerprint density at radius 2 is 2.00 bits per heavy atom. The summed E-state index contributed by atoms with van der Waals surface area (Å²) < 4.78 is 5.18. The predicted molar refractivity (Wildman–Crippen MR) is 84.8 cm³/mol. The molecule has 2 rings (SSSR count). The van der Waals surface area contributed by atoms with Crippen LogP contribution in [0, 0.1) is 0 Å². The Hall–Kier alpha value is -1.65. The second kappa shape index (κ2) is 7.96. The Bertz CT molecular complexity index is 560. The van der Waals surface area contributed by atoms with Crippen molar-refractivity contribution in [1.82, 2.24) is 15.3 Å². The molecule has 4 nitrogen and oxygen atoms in total. The molecule has 112 valence electrons. The number of nitrogens with zero attached hydrogens (tertiary/aromatic N) is 2. The normalized spacial score (nSPS) is 12.1. The van der Waals surface area contributed by atoms with E-state index < -0.39 is 0 Å². The molecule has 1 N–H and O–H groups in total. The highest BCUT2D eigenvalue weighted by Crippen LogP contribution is 2.20. The monoisotopic (exact) mass is 305 g/mol. The molecule has 1 atom stereocenters. The lowest BCUT2D eigenvalue weighted by Crippen LogP contribution is -2.25. The SMILES string of the molecule is CCCNC(Cc1ccc(Cl)cc1)c1cc(OC)ncn1. The van der Waals surface area contributed by atoms with Crippen LogP contribution in [0.15, 0.2) is 36.7 Å². The molecule has 0 fully saturated rings. The first-order chi connectivity index (χ1) is 10.2. The maximum absolute atomic E-state index is 5.94. The highest BCUT2D eigenvalue weighted by molar-refractivity contribution is 6.30. The molecular formula is C16H20ClN3O. The lowest BCUT2D eigenvalue weighted by molar-refractivity contribution is 0.393. The van der Waals surface area contributed by atoms with Crippen molar-refractivity contribution in [2.24, 2.45) is 0 Å². The Labute approximate surface area is 130 Å². The second-order valence-corrected chi connectivity index (χ2v) is 5.26. The van der Waals surface area contributed by atoms with Gasteiger partial charge in [0.05, 0.1) is 18.8 Å². The van der Waals surface area contributed by atoms with E-state index in [1.807, 2.05) is 30.3 Å². The minimum atomic E-state index is 0.128. The summed E-state index contributed by atoms with van der Waals surface area (Å²) in [5.74, 6) is 0.583. The van der Waals surface area contributed by atoms with E-state index in [9.17, 15) is 0 Å². The van der Waals surface area contributed by atoms with Gasteiger partial charge in [-0.25, -0.2) is 9.97 Å². The van der Waals surface area contributed by atoms with Gasteiger partial charge in [0.15, 0.2) is 0 Å². The average molecular weight is 306 g/mol. The third-order valence-electron chi connectivity index (χ3n) is 3.22. The standard InChI is InChI=1S/C16H20ClN3O/c1-3-8-18-14(9-12-4-6-13(17)7-5-12)15-10-16(21-2)20-11-19-15/h4-7,10-11,14,18H,3,8-9H2,1-2H3. The van der Waals surface area contributed by atoms with Crippen molar-refractivity contribution in [1.29, 1.82) is 0 Å². The summed E-state index contributed by atoms with van der Waals surface area (Å²) in [6, 6.07) is 9.91. The number of ether oxygens (including phenoxy) is 1. The summed E-state index contributed by atoms with van der Waals surface area (Å²) in [7, 11) is 1.61. The van der Waals surface area contributed by atoms with E-state index in [2.05, 4.69) is 22.2 Å².